The Bertz CT molecular complexity index is 711. The van der Waals surface area contributed by atoms with Crippen LogP contribution in [0, 0.1) is 17.2 Å². The van der Waals surface area contributed by atoms with E-state index in [0.717, 1.165) is 0 Å². The summed E-state index contributed by atoms with van der Waals surface area (Å²) in [6, 6.07) is 6.74. The molecule has 0 radical (unpaired) electrons. The van der Waals surface area contributed by atoms with Gasteiger partial charge in [-0.05, 0) is 17.7 Å². The van der Waals surface area contributed by atoms with E-state index < -0.39 is 17.7 Å². The number of primary amides is 1. The maximum Gasteiger partial charge on any atom is 0.228 e. The number of halogens is 2. The monoisotopic (exact) mass is 340 g/mol. The highest BCUT2D eigenvalue weighted by atomic mass is 35.5. The highest BCUT2D eigenvalue weighted by Gasteiger charge is 2.40. The van der Waals surface area contributed by atoms with Crippen molar-refractivity contribution in [2.24, 2.45) is 17.4 Å². The molecular weight excluding hydrogens is 331 g/mol. The first-order chi connectivity index (χ1) is 9.86. The number of carbonyl (C=O) groups excluding carboxylic acids is 1. The number of allylic oxidation sites excluding steroid dienone is 1. The minimum absolute atomic E-state index is 0.0935. The third-order valence-corrected chi connectivity index (χ3v) is 4.12. The van der Waals surface area contributed by atoms with Gasteiger partial charge in [0.25, 0.3) is 0 Å². The molecule has 0 spiro atoms. The van der Waals surface area contributed by atoms with E-state index in [9.17, 15) is 10.1 Å². The molecule has 1 aromatic carbocycles. The van der Waals surface area contributed by atoms with Crippen molar-refractivity contribution in [2.45, 2.75) is 5.92 Å². The van der Waals surface area contributed by atoms with E-state index >= 15 is 0 Å². The van der Waals surface area contributed by atoms with Gasteiger partial charge in [-0.1, -0.05) is 41.5 Å². The first-order valence-corrected chi connectivity index (χ1v) is 6.98. The number of amides is 1. The molecular formula is C13H10Cl2N4OS. The molecule has 1 heterocycles. The summed E-state index contributed by atoms with van der Waals surface area (Å²) in [5.74, 6) is -2.20. The van der Waals surface area contributed by atoms with Crippen LogP contribution in [0.1, 0.15) is 11.5 Å². The van der Waals surface area contributed by atoms with E-state index in [1.807, 2.05) is 6.07 Å². The SMILES string of the molecule is N#CC1=C(N)NC(=S)[C@H](C(N)=O)[C@@H]1c1ccc(Cl)cc1Cl. The minimum Gasteiger partial charge on any atom is -0.384 e. The molecule has 0 aromatic heterocycles. The normalized spacial score (nSPS) is 21.7. The van der Waals surface area contributed by atoms with Gasteiger partial charge in [0.05, 0.1) is 16.6 Å². The van der Waals surface area contributed by atoms with E-state index in [-0.39, 0.29) is 16.4 Å². The number of carbonyl (C=O) groups is 1. The fourth-order valence-electron chi connectivity index (χ4n) is 2.28. The molecule has 2 atom stereocenters. The maximum atomic E-state index is 11.7. The van der Waals surface area contributed by atoms with Crippen molar-refractivity contribution in [1.82, 2.24) is 5.32 Å². The lowest BCUT2D eigenvalue weighted by molar-refractivity contribution is -0.120. The Morgan fingerprint density at radius 2 is 2.10 bits per heavy atom. The molecule has 0 saturated carbocycles. The molecule has 108 valence electrons. The van der Waals surface area contributed by atoms with Crippen molar-refractivity contribution in [3.63, 3.8) is 0 Å². The Kier molecular flexibility index (Phi) is 4.37. The highest BCUT2D eigenvalue weighted by molar-refractivity contribution is 7.80. The molecule has 1 aromatic rings. The number of nitrogens with two attached hydrogens (primary N) is 2. The van der Waals surface area contributed by atoms with Gasteiger partial charge < -0.3 is 16.8 Å². The van der Waals surface area contributed by atoms with E-state index in [1.54, 1.807) is 12.1 Å². The van der Waals surface area contributed by atoms with Crippen LogP contribution in [-0.2, 0) is 4.79 Å². The number of nitrogens with zero attached hydrogens (tertiary/aromatic N) is 1. The zero-order valence-corrected chi connectivity index (χ0v) is 12.9. The van der Waals surface area contributed by atoms with Gasteiger partial charge in [0.1, 0.15) is 11.7 Å². The Labute approximate surface area is 136 Å². The van der Waals surface area contributed by atoms with Crippen molar-refractivity contribution in [1.29, 1.82) is 5.26 Å². The van der Waals surface area contributed by atoms with Crippen molar-refractivity contribution in [2.75, 3.05) is 0 Å². The zero-order valence-electron chi connectivity index (χ0n) is 10.6. The van der Waals surface area contributed by atoms with Gasteiger partial charge >= 0.3 is 0 Å². The quantitative estimate of drug-likeness (QED) is 0.712. The fourth-order valence-corrected chi connectivity index (χ4v) is 3.16. The van der Waals surface area contributed by atoms with Gasteiger partial charge in [-0.3, -0.25) is 4.79 Å². The van der Waals surface area contributed by atoms with E-state index in [2.05, 4.69) is 5.32 Å². The molecule has 21 heavy (non-hydrogen) atoms. The lowest BCUT2D eigenvalue weighted by Crippen LogP contribution is -2.47. The van der Waals surface area contributed by atoms with Gasteiger partial charge in [0.2, 0.25) is 5.91 Å². The second-order valence-electron chi connectivity index (χ2n) is 4.45. The Morgan fingerprint density at radius 3 is 2.62 bits per heavy atom. The molecule has 2 rings (SSSR count). The standard InChI is InChI=1S/C13H10Cl2N4OS/c14-5-1-2-6(8(15)3-5)9-7(4-16)11(17)19-13(21)10(9)12(18)20/h1-3,9-10H,17H2,(H2,18,20)(H,19,21)/t9-,10+/m1/s1. The average Bonchev–Trinajstić information content (AvgIpc) is 2.37. The predicted molar refractivity (Wildman–Crippen MR) is 84.4 cm³/mol. The summed E-state index contributed by atoms with van der Waals surface area (Å²) in [5, 5.41) is 12.7. The lowest BCUT2D eigenvalue weighted by atomic mass is 9.78. The van der Waals surface area contributed by atoms with Crippen LogP contribution in [-0.4, -0.2) is 10.9 Å². The van der Waals surface area contributed by atoms with Crippen molar-refractivity contribution in [3.05, 3.63) is 45.2 Å². The molecule has 8 heteroatoms. The van der Waals surface area contributed by atoms with Crippen LogP contribution in [0.2, 0.25) is 10.0 Å². The predicted octanol–water partition coefficient (Wildman–Crippen LogP) is 1.80. The second kappa shape index (κ2) is 5.90. The fraction of sp³-hybridized carbons (Fsp3) is 0.154. The van der Waals surface area contributed by atoms with E-state index in [0.29, 0.717) is 15.6 Å². The van der Waals surface area contributed by atoms with E-state index in [4.69, 9.17) is 46.9 Å². The van der Waals surface area contributed by atoms with Gasteiger partial charge in [0, 0.05) is 16.0 Å². The van der Waals surface area contributed by atoms with E-state index in [1.165, 1.54) is 6.07 Å². The summed E-state index contributed by atoms with van der Waals surface area (Å²) < 4.78 is 0. The summed E-state index contributed by atoms with van der Waals surface area (Å²) in [6.07, 6.45) is 0. The van der Waals surface area contributed by atoms with Crippen molar-refractivity contribution < 1.29 is 4.79 Å². The van der Waals surface area contributed by atoms with Crippen LogP contribution in [0.4, 0.5) is 0 Å². The van der Waals surface area contributed by atoms with Crippen LogP contribution in [0.5, 0.6) is 0 Å². The Morgan fingerprint density at radius 1 is 1.43 bits per heavy atom. The van der Waals surface area contributed by atoms with Crippen LogP contribution >= 0.6 is 35.4 Å². The summed E-state index contributed by atoms with van der Waals surface area (Å²) in [4.78, 5) is 11.9. The summed E-state index contributed by atoms with van der Waals surface area (Å²) in [7, 11) is 0. The molecule has 1 aliphatic heterocycles. The summed E-state index contributed by atoms with van der Waals surface area (Å²) >= 11 is 17.2. The average molecular weight is 341 g/mol. The van der Waals surface area contributed by atoms with Crippen LogP contribution in [0.25, 0.3) is 0 Å². The van der Waals surface area contributed by atoms with Gasteiger partial charge in [0.15, 0.2) is 0 Å². The summed E-state index contributed by atoms with van der Waals surface area (Å²) in [5.41, 5.74) is 11.9. The first-order valence-electron chi connectivity index (χ1n) is 5.81. The third-order valence-electron chi connectivity index (χ3n) is 3.20. The number of rotatable bonds is 2. The van der Waals surface area contributed by atoms with Gasteiger partial charge in [-0.25, -0.2) is 0 Å². The maximum absolute atomic E-state index is 11.7. The number of hydrogen-bond donors (Lipinski definition) is 3. The molecule has 5 nitrogen and oxygen atoms in total. The molecule has 0 saturated heterocycles. The number of thiocarbonyl (C=S) groups is 1. The zero-order chi connectivity index (χ0) is 15.7. The van der Waals surface area contributed by atoms with Gasteiger partial charge in [-0.2, -0.15) is 5.26 Å². The van der Waals surface area contributed by atoms with Crippen LogP contribution in [0.3, 0.4) is 0 Å². The lowest BCUT2D eigenvalue weighted by Gasteiger charge is -2.32. The van der Waals surface area contributed by atoms with Crippen molar-refractivity contribution in [3.8, 4) is 6.07 Å². The number of benzene rings is 1. The molecule has 1 amide bonds. The Hall–Kier alpha value is -1.81. The topological polar surface area (TPSA) is 105 Å². The number of nitrogens with one attached hydrogen (secondary N) is 1. The Balaban J connectivity index is 2.68. The third kappa shape index (κ3) is 2.81. The van der Waals surface area contributed by atoms with Crippen molar-refractivity contribution >= 4 is 46.3 Å². The minimum atomic E-state index is -0.902. The number of nitriles is 1. The largest absolute Gasteiger partial charge is 0.384 e. The highest BCUT2D eigenvalue weighted by Crippen LogP contribution is 2.40. The molecule has 5 N–H and O–H groups in total. The molecule has 0 aliphatic carbocycles. The molecule has 0 bridgehead atoms. The smallest absolute Gasteiger partial charge is 0.228 e. The molecule has 0 fully saturated rings. The first kappa shape index (κ1) is 15.6. The van der Waals surface area contributed by atoms with Crippen LogP contribution < -0.4 is 16.8 Å². The number of hydrogen-bond acceptors (Lipinski definition) is 4. The van der Waals surface area contributed by atoms with Gasteiger partial charge in [-0.15, -0.1) is 0 Å². The molecule has 0 unspecified atom stereocenters. The molecule has 1 aliphatic rings. The summed E-state index contributed by atoms with van der Waals surface area (Å²) in [6.45, 7) is 0. The van der Waals surface area contributed by atoms with Crippen LogP contribution in [0.15, 0.2) is 29.6 Å². The second-order valence-corrected chi connectivity index (χ2v) is 5.74.